The van der Waals surface area contributed by atoms with Gasteiger partial charge in [-0.15, -0.1) is 12.4 Å². The molecule has 0 bridgehead atoms. The fraction of sp³-hybridized carbons (Fsp3) is 0.917. The van der Waals surface area contributed by atoms with Crippen molar-refractivity contribution in [1.29, 1.82) is 0 Å². The van der Waals surface area contributed by atoms with E-state index in [1.807, 2.05) is 4.90 Å². The molecule has 2 fully saturated rings. The molecule has 0 saturated carbocycles. The zero-order chi connectivity index (χ0) is 12.3. The number of nitrogens with two attached hydrogens (primary N) is 1. The summed E-state index contributed by atoms with van der Waals surface area (Å²) in [6.45, 7) is 4.95. The highest BCUT2D eigenvalue weighted by molar-refractivity contribution is 5.85. The van der Waals surface area contributed by atoms with Crippen LogP contribution in [0.1, 0.15) is 19.8 Å². The Morgan fingerprint density at radius 1 is 1.44 bits per heavy atom. The molecule has 1 amide bonds. The maximum atomic E-state index is 12.3. The summed E-state index contributed by atoms with van der Waals surface area (Å²) in [6.07, 6.45) is 1.77. The number of hydrogen-bond acceptors (Lipinski definition) is 4. The number of ether oxygens (including phenoxy) is 2. The van der Waals surface area contributed by atoms with Gasteiger partial charge < -0.3 is 20.1 Å². The number of likely N-dealkylation sites (tertiary alicyclic amines) is 1. The van der Waals surface area contributed by atoms with Gasteiger partial charge in [0.15, 0.2) is 6.10 Å². The Hall–Kier alpha value is -0.360. The number of carbonyl (C=O) groups is 1. The van der Waals surface area contributed by atoms with Crippen molar-refractivity contribution in [2.45, 2.75) is 31.9 Å². The summed E-state index contributed by atoms with van der Waals surface area (Å²) < 4.78 is 10.8. The molecule has 6 heteroatoms. The largest absolute Gasteiger partial charge is 0.376 e. The van der Waals surface area contributed by atoms with Gasteiger partial charge in [0.1, 0.15) is 0 Å². The minimum absolute atomic E-state index is 0. The van der Waals surface area contributed by atoms with Gasteiger partial charge in [-0.2, -0.15) is 0 Å². The van der Waals surface area contributed by atoms with Crippen LogP contribution in [0.15, 0.2) is 0 Å². The standard InChI is InChI=1S/C12H22N2O3.ClH/c1-9-3-2-4-14(10(9)7-13)12(15)11-8-16-5-6-17-11;/h9-11H,2-8,13H2,1H3;1H. The molecule has 2 aliphatic rings. The lowest BCUT2D eigenvalue weighted by Crippen LogP contribution is -2.56. The summed E-state index contributed by atoms with van der Waals surface area (Å²) in [6, 6.07) is 0.154. The van der Waals surface area contributed by atoms with Gasteiger partial charge in [-0.1, -0.05) is 6.92 Å². The zero-order valence-electron chi connectivity index (χ0n) is 10.8. The van der Waals surface area contributed by atoms with E-state index in [4.69, 9.17) is 15.2 Å². The lowest BCUT2D eigenvalue weighted by molar-refractivity contribution is -0.162. The molecule has 3 unspecified atom stereocenters. The lowest BCUT2D eigenvalue weighted by atomic mass is 9.90. The predicted octanol–water partition coefficient (Wildman–Crippen LogP) is 0.409. The van der Waals surface area contributed by atoms with E-state index in [9.17, 15) is 4.79 Å². The molecule has 0 aromatic rings. The molecule has 5 nitrogen and oxygen atoms in total. The van der Waals surface area contributed by atoms with Gasteiger partial charge >= 0.3 is 0 Å². The van der Waals surface area contributed by atoms with Gasteiger partial charge in [0.05, 0.1) is 19.8 Å². The first kappa shape index (κ1) is 15.7. The molecule has 2 N–H and O–H groups in total. The number of carbonyl (C=O) groups excluding carboxylic acids is 1. The van der Waals surface area contributed by atoms with Crippen LogP contribution in [-0.2, 0) is 14.3 Å². The summed E-state index contributed by atoms with van der Waals surface area (Å²) in [5, 5.41) is 0. The van der Waals surface area contributed by atoms with E-state index < -0.39 is 6.10 Å². The Morgan fingerprint density at radius 2 is 2.22 bits per heavy atom. The Balaban J connectivity index is 0.00000162. The Morgan fingerprint density at radius 3 is 2.83 bits per heavy atom. The number of amides is 1. The number of nitrogens with zero attached hydrogens (tertiary/aromatic N) is 1. The second kappa shape index (κ2) is 7.28. The van der Waals surface area contributed by atoms with E-state index >= 15 is 0 Å². The van der Waals surface area contributed by atoms with Crippen LogP contribution in [0.2, 0.25) is 0 Å². The molecule has 2 heterocycles. The molecule has 2 saturated heterocycles. The van der Waals surface area contributed by atoms with E-state index in [0.717, 1.165) is 19.4 Å². The van der Waals surface area contributed by atoms with Gasteiger partial charge in [-0.25, -0.2) is 0 Å². The first-order valence-corrected chi connectivity index (χ1v) is 6.44. The predicted molar refractivity (Wildman–Crippen MR) is 70.8 cm³/mol. The number of piperidine rings is 1. The van der Waals surface area contributed by atoms with Crippen molar-refractivity contribution < 1.29 is 14.3 Å². The van der Waals surface area contributed by atoms with Crippen molar-refractivity contribution >= 4 is 18.3 Å². The van der Waals surface area contributed by atoms with Gasteiger partial charge in [-0.3, -0.25) is 4.79 Å². The first-order valence-electron chi connectivity index (χ1n) is 6.44. The third-order valence-corrected chi connectivity index (χ3v) is 3.73. The topological polar surface area (TPSA) is 64.8 Å². The summed E-state index contributed by atoms with van der Waals surface area (Å²) in [5.41, 5.74) is 5.79. The van der Waals surface area contributed by atoms with E-state index in [-0.39, 0.29) is 24.4 Å². The van der Waals surface area contributed by atoms with Crippen LogP contribution in [0.3, 0.4) is 0 Å². The minimum atomic E-state index is -0.428. The average Bonchev–Trinajstić information content (AvgIpc) is 2.38. The van der Waals surface area contributed by atoms with Crippen molar-refractivity contribution in [2.75, 3.05) is 32.9 Å². The molecule has 0 spiro atoms. The number of rotatable bonds is 2. The quantitative estimate of drug-likeness (QED) is 0.795. The van der Waals surface area contributed by atoms with E-state index in [1.54, 1.807) is 0 Å². The molecule has 0 aliphatic carbocycles. The molecule has 0 radical (unpaired) electrons. The number of halogens is 1. The maximum absolute atomic E-state index is 12.3. The van der Waals surface area contributed by atoms with Crippen molar-refractivity contribution in [1.82, 2.24) is 4.90 Å². The average molecular weight is 279 g/mol. The highest BCUT2D eigenvalue weighted by Gasteiger charge is 2.35. The molecule has 3 atom stereocenters. The summed E-state index contributed by atoms with van der Waals surface area (Å²) in [7, 11) is 0. The van der Waals surface area contributed by atoms with Gasteiger partial charge in [0.2, 0.25) is 0 Å². The fourth-order valence-corrected chi connectivity index (χ4v) is 2.70. The van der Waals surface area contributed by atoms with Crippen LogP contribution >= 0.6 is 12.4 Å². The summed E-state index contributed by atoms with van der Waals surface area (Å²) in [4.78, 5) is 14.2. The monoisotopic (exact) mass is 278 g/mol. The van der Waals surface area contributed by atoms with Gasteiger partial charge in [0.25, 0.3) is 5.91 Å². The molecule has 0 aromatic carbocycles. The van der Waals surface area contributed by atoms with Crippen LogP contribution in [0.25, 0.3) is 0 Å². The van der Waals surface area contributed by atoms with Crippen molar-refractivity contribution in [2.24, 2.45) is 11.7 Å². The molecule has 106 valence electrons. The Labute approximate surface area is 114 Å². The van der Waals surface area contributed by atoms with Crippen molar-refractivity contribution in [3.8, 4) is 0 Å². The van der Waals surface area contributed by atoms with Crippen molar-refractivity contribution in [3.05, 3.63) is 0 Å². The van der Waals surface area contributed by atoms with Crippen LogP contribution in [-0.4, -0.2) is 55.9 Å². The molecular formula is C12H23ClN2O3. The van der Waals surface area contributed by atoms with E-state index in [2.05, 4.69) is 6.92 Å². The zero-order valence-corrected chi connectivity index (χ0v) is 11.7. The summed E-state index contributed by atoms with van der Waals surface area (Å²) >= 11 is 0. The SMILES string of the molecule is CC1CCCN(C(=O)C2COCCO2)C1CN.Cl. The molecule has 2 rings (SSSR count). The molecule has 0 aromatic heterocycles. The highest BCUT2D eigenvalue weighted by atomic mass is 35.5. The van der Waals surface area contributed by atoms with Crippen LogP contribution in [0.4, 0.5) is 0 Å². The second-order valence-electron chi connectivity index (χ2n) is 4.89. The molecule has 18 heavy (non-hydrogen) atoms. The number of hydrogen-bond donors (Lipinski definition) is 1. The first-order chi connectivity index (χ1) is 8.24. The van der Waals surface area contributed by atoms with Crippen LogP contribution in [0, 0.1) is 5.92 Å². The molecule has 2 aliphatic heterocycles. The van der Waals surface area contributed by atoms with Crippen molar-refractivity contribution in [3.63, 3.8) is 0 Å². The normalized spacial score (nSPS) is 32.8. The second-order valence-corrected chi connectivity index (χ2v) is 4.89. The van der Waals surface area contributed by atoms with E-state index in [0.29, 0.717) is 32.3 Å². The van der Waals surface area contributed by atoms with Gasteiger partial charge in [0, 0.05) is 19.1 Å². The van der Waals surface area contributed by atoms with Crippen LogP contribution < -0.4 is 5.73 Å². The maximum Gasteiger partial charge on any atom is 0.254 e. The third kappa shape index (κ3) is 3.35. The summed E-state index contributed by atoms with van der Waals surface area (Å²) in [5.74, 6) is 0.522. The Kier molecular flexibility index (Phi) is 6.35. The smallest absolute Gasteiger partial charge is 0.254 e. The van der Waals surface area contributed by atoms with E-state index in [1.165, 1.54) is 0 Å². The fourth-order valence-electron chi connectivity index (χ4n) is 2.70. The molecular weight excluding hydrogens is 256 g/mol. The van der Waals surface area contributed by atoms with Gasteiger partial charge in [-0.05, 0) is 18.8 Å². The lowest BCUT2D eigenvalue weighted by Gasteiger charge is -2.41. The minimum Gasteiger partial charge on any atom is -0.376 e. The third-order valence-electron chi connectivity index (χ3n) is 3.73. The van der Waals surface area contributed by atoms with Crippen LogP contribution in [0.5, 0.6) is 0 Å². The Bertz CT molecular complexity index is 272. The highest BCUT2D eigenvalue weighted by Crippen LogP contribution is 2.24.